The van der Waals surface area contributed by atoms with Gasteiger partial charge in [0.05, 0.1) is 34.5 Å². The average molecular weight is 392 g/mol. The maximum atomic E-state index is 13.1. The molecule has 0 N–H and O–H groups in total. The van der Waals surface area contributed by atoms with E-state index >= 15 is 0 Å². The molecule has 1 aliphatic rings. The summed E-state index contributed by atoms with van der Waals surface area (Å²) in [6.07, 6.45) is 3.83. The predicted molar refractivity (Wildman–Crippen MR) is 96.3 cm³/mol. The quantitative estimate of drug-likeness (QED) is 0.682. The van der Waals surface area contributed by atoms with Gasteiger partial charge in [0.25, 0.3) is 5.91 Å². The molecule has 0 bridgehead atoms. The van der Waals surface area contributed by atoms with Gasteiger partial charge in [0.2, 0.25) is 0 Å². The van der Waals surface area contributed by atoms with Crippen LogP contribution in [-0.2, 0) is 11.5 Å². The molecule has 3 heterocycles. The first-order valence-electron chi connectivity index (χ1n) is 8.41. The summed E-state index contributed by atoms with van der Waals surface area (Å²) in [6.45, 7) is 1.43. The van der Waals surface area contributed by atoms with E-state index in [-0.39, 0.29) is 22.4 Å². The summed E-state index contributed by atoms with van der Waals surface area (Å²) in [5, 5.41) is 8.66. The molecule has 1 aromatic carbocycles. The summed E-state index contributed by atoms with van der Waals surface area (Å²) in [4.78, 5) is 14.5. The molecule has 0 radical (unpaired) electrons. The number of rotatable bonds is 4. The monoisotopic (exact) mass is 391 g/mol. The number of anilines is 1. The number of alkyl halides is 1. The van der Waals surface area contributed by atoms with Gasteiger partial charge in [0.15, 0.2) is 0 Å². The van der Waals surface area contributed by atoms with Gasteiger partial charge in [0, 0.05) is 6.54 Å². The average Bonchev–Trinajstić information content (AvgIpc) is 3.35. The third kappa shape index (κ3) is 2.99. The smallest absolute Gasteiger partial charge is 0.252 e. The zero-order valence-corrected chi connectivity index (χ0v) is 15.2. The molecule has 27 heavy (non-hydrogen) atoms. The van der Waals surface area contributed by atoms with Crippen molar-refractivity contribution >= 4 is 23.2 Å². The van der Waals surface area contributed by atoms with Crippen LogP contribution >= 0.6 is 11.6 Å². The second-order valence-electron chi connectivity index (χ2n) is 6.34. The predicted octanol–water partition coefficient (Wildman–Crippen LogP) is 3.62. The lowest BCUT2D eigenvalue weighted by molar-refractivity contribution is -0.120. The van der Waals surface area contributed by atoms with E-state index in [1.165, 1.54) is 16.8 Å². The van der Waals surface area contributed by atoms with Crippen molar-refractivity contribution < 1.29 is 13.6 Å². The first kappa shape index (κ1) is 17.7. The van der Waals surface area contributed by atoms with Crippen molar-refractivity contribution in [1.29, 1.82) is 0 Å². The van der Waals surface area contributed by atoms with Crippen LogP contribution in [0, 0.1) is 12.7 Å². The molecule has 0 aliphatic carbocycles. The van der Waals surface area contributed by atoms with Crippen LogP contribution in [0.2, 0.25) is 5.02 Å². The highest BCUT2D eigenvalue weighted by Crippen LogP contribution is 2.32. The minimum absolute atomic E-state index is 0.143. The van der Waals surface area contributed by atoms with Gasteiger partial charge < -0.3 is 4.90 Å². The summed E-state index contributed by atoms with van der Waals surface area (Å²) in [5.41, 5.74) is 2.04. The highest BCUT2D eigenvalue weighted by molar-refractivity contribution is 6.31. The summed E-state index contributed by atoms with van der Waals surface area (Å²) in [5.74, 6) is -0.481. The minimum atomic E-state index is -0.776. The maximum absolute atomic E-state index is 13.1. The number of benzene rings is 1. The van der Waals surface area contributed by atoms with Gasteiger partial charge in [-0.3, -0.25) is 9.48 Å². The second-order valence-corrected chi connectivity index (χ2v) is 6.72. The van der Waals surface area contributed by atoms with Crippen molar-refractivity contribution in [2.45, 2.75) is 26.1 Å². The lowest BCUT2D eigenvalue weighted by Gasteiger charge is -2.15. The van der Waals surface area contributed by atoms with E-state index in [4.69, 9.17) is 11.6 Å². The van der Waals surface area contributed by atoms with Gasteiger partial charge in [-0.15, -0.1) is 0 Å². The summed E-state index contributed by atoms with van der Waals surface area (Å²) in [6, 6.07) is 5.38. The second kappa shape index (κ2) is 6.77. The highest BCUT2D eigenvalue weighted by Gasteiger charge is 2.36. The molecule has 6 nitrogen and oxygen atoms in total. The van der Waals surface area contributed by atoms with Crippen LogP contribution in [0.15, 0.2) is 36.7 Å². The van der Waals surface area contributed by atoms with Crippen LogP contribution in [0.1, 0.15) is 23.9 Å². The van der Waals surface area contributed by atoms with Crippen molar-refractivity contribution in [2.24, 2.45) is 0 Å². The summed E-state index contributed by atoms with van der Waals surface area (Å²) < 4.78 is 29.2. The molecule has 0 saturated carbocycles. The topological polar surface area (TPSA) is 56.0 Å². The Bertz CT molecular complexity index is 998. The molecule has 2 aromatic heterocycles. The number of hydrogen-bond acceptors (Lipinski definition) is 3. The molecule has 1 aliphatic heterocycles. The molecular weight excluding hydrogens is 376 g/mol. The molecular formula is C18H16ClF2N5O. The molecule has 1 atom stereocenters. The third-order valence-electron chi connectivity index (χ3n) is 4.71. The van der Waals surface area contributed by atoms with Crippen LogP contribution in [0.25, 0.3) is 5.69 Å². The first-order valence-corrected chi connectivity index (χ1v) is 8.79. The molecule has 9 heteroatoms. The van der Waals surface area contributed by atoms with Crippen LogP contribution in [0.5, 0.6) is 0 Å². The molecule has 1 unspecified atom stereocenters. The van der Waals surface area contributed by atoms with Gasteiger partial charge in [-0.2, -0.15) is 10.2 Å². The Morgan fingerprint density at radius 2 is 2.00 bits per heavy atom. The first-order chi connectivity index (χ1) is 13.0. The Labute approximate surface area is 158 Å². The lowest BCUT2D eigenvalue weighted by atomic mass is 10.2. The van der Waals surface area contributed by atoms with Crippen molar-refractivity contribution in [3.63, 3.8) is 0 Å². The molecule has 140 valence electrons. The Kier molecular flexibility index (Phi) is 4.43. The number of aromatic nitrogens is 4. The van der Waals surface area contributed by atoms with E-state index in [2.05, 4.69) is 10.2 Å². The molecule has 1 saturated heterocycles. The van der Waals surface area contributed by atoms with Gasteiger partial charge in [-0.25, -0.2) is 13.5 Å². The number of hydrogen-bond donors (Lipinski definition) is 0. The lowest BCUT2D eigenvalue weighted by Crippen LogP contribution is -2.28. The Morgan fingerprint density at radius 3 is 2.67 bits per heavy atom. The number of nitrogens with zero attached hydrogens (tertiary/aromatic N) is 5. The fraction of sp³-hybridized carbons (Fsp3) is 0.278. The van der Waals surface area contributed by atoms with E-state index in [9.17, 15) is 13.6 Å². The third-order valence-corrected chi connectivity index (χ3v) is 5.21. The van der Waals surface area contributed by atoms with Crippen LogP contribution < -0.4 is 4.90 Å². The SMILES string of the molecule is Cc1c(Cl)c(CF)nn1C1CCN(c2cnn(-c3ccc(F)cc3)c2)C1=O. The van der Waals surface area contributed by atoms with E-state index in [1.54, 1.807) is 41.0 Å². The maximum Gasteiger partial charge on any atom is 0.252 e. The standard InChI is InChI=1S/C18H16ClF2N5O/c1-11-17(19)15(8-20)23-26(11)16-6-7-24(18(16)27)14-9-22-25(10-14)13-4-2-12(21)3-5-13/h2-5,9-10,16H,6-8H2,1H3. The Balaban J connectivity index is 1.58. The molecule has 0 spiro atoms. The number of halogens is 3. The van der Waals surface area contributed by atoms with Crippen molar-refractivity contribution in [2.75, 3.05) is 11.4 Å². The number of amides is 1. The fourth-order valence-electron chi connectivity index (χ4n) is 3.28. The van der Waals surface area contributed by atoms with Gasteiger partial charge >= 0.3 is 0 Å². The van der Waals surface area contributed by atoms with Crippen molar-refractivity contribution in [1.82, 2.24) is 19.6 Å². The van der Waals surface area contributed by atoms with Gasteiger partial charge in [-0.05, 0) is 37.6 Å². The van der Waals surface area contributed by atoms with E-state index in [1.807, 2.05) is 0 Å². The molecule has 3 aromatic rings. The van der Waals surface area contributed by atoms with E-state index in [0.717, 1.165) is 0 Å². The van der Waals surface area contributed by atoms with Crippen LogP contribution in [0.3, 0.4) is 0 Å². The molecule has 1 amide bonds. The van der Waals surface area contributed by atoms with Crippen LogP contribution in [-0.4, -0.2) is 32.0 Å². The highest BCUT2D eigenvalue weighted by atomic mass is 35.5. The van der Waals surface area contributed by atoms with Crippen LogP contribution in [0.4, 0.5) is 14.5 Å². The summed E-state index contributed by atoms with van der Waals surface area (Å²) >= 11 is 6.09. The fourth-order valence-corrected chi connectivity index (χ4v) is 3.46. The Morgan fingerprint density at radius 1 is 1.26 bits per heavy atom. The zero-order valence-electron chi connectivity index (χ0n) is 14.4. The Hall–Kier alpha value is -2.74. The van der Waals surface area contributed by atoms with Crippen molar-refractivity contribution in [3.8, 4) is 5.69 Å². The number of carbonyl (C=O) groups excluding carboxylic acids is 1. The minimum Gasteiger partial charge on any atom is -0.308 e. The largest absolute Gasteiger partial charge is 0.308 e. The normalized spacial score (nSPS) is 17.1. The van der Waals surface area contributed by atoms with E-state index in [0.29, 0.717) is 30.0 Å². The van der Waals surface area contributed by atoms with Gasteiger partial charge in [0.1, 0.15) is 24.2 Å². The van der Waals surface area contributed by atoms with Gasteiger partial charge in [-0.1, -0.05) is 11.6 Å². The molecule has 1 fully saturated rings. The summed E-state index contributed by atoms with van der Waals surface area (Å²) in [7, 11) is 0. The zero-order chi connectivity index (χ0) is 19.1. The molecule has 4 rings (SSSR count). The number of carbonyl (C=O) groups is 1. The van der Waals surface area contributed by atoms with E-state index < -0.39 is 12.7 Å². The van der Waals surface area contributed by atoms with Crippen molar-refractivity contribution in [3.05, 3.63) is 58.9 Å².